The van der Waals surface area contributed by atoms with Crippen molar-refractivity contribution < 1.29 is 13.6 Å². The second kappa shape index (κ2) is 5.23. The van der Waals surface area contributed by atoms with Crippen LogP contribution >= 0.6 is 11.6 Å². The van der Waals surface area contributed by atoms with Crippen LogP contribution in [0.4, 0.5) is 4.39 Å². The van der Waals surface area contributed by atoms with Gasteiger partial charge in [-0.3, -0.25) is 4.79 Å². The molecule has 94 valence electrons. The smallest absolute Gasteiger partial charge is 0.289 e. The molecule has 0 fully saturated rings. The molecule has 0 saturated carbocycles. The van der Waals surface area contributed by atoms with Crippen molar-refractivity contribution in [3.8, 4) is 0 Å². The Morgan fingerprint density at radius 3 is 2.78 bits per heavy atom. The first-order chi connectivity index (χ1) is 8.59. The fourth-order valence-electron chi connectivity index (χ4n) is 1.58. The number of nitrogens with zero attached hydrogens (tertiary/aromatic N) is 1. The van der Waals surface area contributed by atoms with E-state index >= 15 is 0 Å². The van der Waals surface area contributed by atoms with Gasteiger partial charge in [-0.1, -0.05) is 17.7 Å². The first-order valence-corrected chi connectivity index (χ1v) is 5.69. The fourth-order valence-corrected chi connectivity index (χ4v) is 1.80. The molecule has 0 unspecified atom stereocenters. The summed E-state index contributed by atoms with van der Waals surface area (Å²) in [7, 11) is 1.56. The SMILES string of the molecule is CN(Cc1c(F)cccc1Cl)C(=O)c1ccco1. The highest BCUT2D eigenvalue weighted by molar-refractivity contribution is 6.31. The van der Waals surface area contributed by atoms with E-state index in [-0.39, 0.29) is 18.2 Å². The van der Waals surface area contributed by atoms with E-state index in [0.717, 1.165) is 0 Å². The number of carbonyl (C=O) groups is 1. The van der Waals surface area contributed by atoms with E-state index in [9.17, 15) is 9.18 Å². The second-order valence-electron chi connectivity index (χ2n) is 3.84. The van der Waals surface area contributed by atoms with Crippen LogP contribution in [0.3, 0.4) is 0 Å². The number of benzene rings is 1. The predicted octanol–water partition coefficient (Wildman–Crippen LogP) is 3.34. The summed E-state index contributed by atoms with van der Waals surface area (Å²) in [6, 6.07) is 7.60. The minimum Gasteiger partial charge on any atom is -0.459 e. The molecule has 2 rings (SSSR count). The molecule has 0 aliphatic heterocycles. The van der Waals surface area contributed by atoms with Crippen LogP contribution in [-0.4, -0.2) is 17.9 Å². The first-order valence-electron chi connectivity index (χ1n) is 5.31. The van der Waals surface area contributed by atoms with Crippen LogP contribution in [0, 0.1) is 5.82 Å². The van der Waals surface area contributed by atoms with E-state index in [1.165, 1.54) is 23.3 Å². The van der Waals surface area contributed by atoms with E-state index in [1.54, 1.807) is 25.2 Å². The van der Waals surface area contributed by atoms with E-state index < -0.39 is 5.82 Å². The summed E-state index contributed by atoms with van der Waals surface area (Å²) in [6.07, 6.45) is 1.41. The van der Waals surface area contributed by atoms with Crippen LogP contribution in [0.25, 0.3) is 0 Å². The summed E-state index contributed by atoms with van der Waals surface area (Å²) < 4.78 is 18.6. The molecule has 1 heterocycles. The van der Waals surface area contributed by atoms with Crippen molar-refractivity contribution in [1.29, 1.82) is 0 Å². The Hall–Kier alpha value is -1.81. The van der Waals surface area contributed by atoms with Gasteiger partial charge in [0.25, 0.3) is 5.91 Å². The van der Waals surface area contributed by atoms with E-state index in [2.05, 4.69) is 0 Å². The van der Waals surface area contributed by atoms with Gasteiger partial charge in [0, 0.05) is 17.6 Å². The molecule has 0 bridgehead atoms. The molecule has 18 heavy (non-hydrogen) atoms. The van der Waals surface area contributed by atoms with Crippen LogP contribution in [-0.2, 0) is 6.54 Å². The van der Waals surface area contributed by atoms with Crippen LogP contribution in [0.15, 0.2) is 41.0 Å². The molecule has 0 atom stereocenters. The van der Waals surface area contributed by atoms with E-state index in [4.69, 9.17) is 16.0 Å². The van der Waals surface area contributed by atoms with Crippen molar-refractivity contribution in [3.63, 3.8) is 0 Å². The average Bonchev–Trinajstić information content (AvgIpc) is 2.86. The highest BCUT2D eigenvalue weighted by Gasteiger charge is 2.17. The standard InChI is InChI=1S/C13H11ClFNO2/c1-16(13(17)12-6-3-7-18-12)8-9-10(14)4-2-5-11(9)15/h2-7H,8H2,1H3. The number of furan rings is 1. The predicted molar refractivity (Wildman–Crippen MR) is 65.9 cm³/mol. The molecule has 2 aromatic rings. The van der Waals surface area contributed by atoms with Crippen LogP contribution in [0.5, 0.6) is 0 Å². The maximum Gasteiger partial charge on any atom is 0.289 e. The van der Waals surface area contributed by atoms with Gasteiger partial charge in [-0.05, 0) is 24.3 Å². The average molecular weight is 268 g/mol. The number of amides is 1. The summed E-state index contributed by atoms with van der Waals surface area (Å²) in [5.41, 5.74) is 0.293. The van der Waals surface area contributed by atoms with Gasteiger partial charge in [-0.15, -0.1) is 0 Å². The monoisotopic (exact) mass is 267 g/mol. The Bertz CT molecular complexity index is 534. The normalized spacial score (nSPS) is 10.4. The summed E-state index contributed by atoms with van der Waals surface area (Å²) in [4.78, 5) is 13.2. The van der Waals surface area contributed by atoms with Gasteiger partial charge in [-0.2, -0.15) is 0 Å². The molecule has 1 amide bonds. The Balaban J connectivity index is 2.17. The quantitative estimate of drug-likeness (QED) is 0.854. The van der Waals surface area contributed by atoms with Gasteiger partial charge in [0.05, 0.1) is 12.8 Å². The molecule has 1 aromatic heterocycles. The van der Waals surface area contributed by atoms with Gasteiger partial charge < -0.3 is 9.32 Å². The summed E-state index contributed by atoms with van der Waals surface area (Å²) in [5, 5.41) is 0.300. The minimum absolute atomic E-state index is 0.0883. The molecule has 0 aliphatic rings. The lowest BCUT2D eigenvalue weighted by atomic mass is 10.2. The molecular formula is C13H11ClFNO2. The van der Waals surface area contributed by atoms with Crippen molar-refractivity contribution >= 4 is 17.5 Å². The Labute approximate surface area is 109 Å². The van der Waals surface area contributed by atoms with Gasteiger partial charge in [0.2, 0.25) is 0 Å². The van der Waals surface area contributed by atoms with E-state index in [1.807, 2.05) is 0 Å². The molecule has 0 saturated heterocycles. The van der Waals surface area contributed by atoms with Crippen LogP contribution in [0.2, 0.25) is 5.02 Å². The third-order valence-electron chi connectivity index (χ3n) is 2.54. The van der Waals surface area contributed by atoms with Gasteiger partial charge in [-0.25, -0.2) is 4.39 Å². The number of rotatable bonds is 3. The second-order valence-corrected chi connectivity index (χ2v) is 4.25. The summed E-state index contributed by atoms with van der Waals surface area (Å²) in [6.45, 7) is 0.0883. The number of halogens is 2. The molecule has 0 N–H and O–H groups in total. The highest BCUT2D eigenvalue weighted by atomic mass is 35.5. The Kier molecular flexibility index (Phi) is 3.67. The lowest BCUT2D eigenvalue weighted by molar-refractivity contribution is 0.0752. The number of hydrogen-bond acceptors (Lipinski definition) is 2. The molecule has 1 aromatic carbocycles. The lowest BCUT2D eigenvalue weighted by Crippen LogP contribution is -2.26. The van der Waals surface area contributed by atoms with Gasteiger partial charge in [0.15, 0.2) is 5.76 Å². The van der Waals surface area contributed by atoms with Crippen LogP contribution < -0.4 is 0 Å². The highest BCUT2D eigenvalue weighted by Crippen LogP contribution is 2.21. The zero-order valence-electron chi connectivity index (χ0n) is 9.69. The molecule has 5 heteroatoms. The minimum atomic E-state index is -0.429. The topological polar surface area (TPSA) is 33.5 Å². The Morgan fingerprint density at radius 1 is 1.39 bits per heavy atom. The van der Waals surface area contributed by atoms with Crippen LogP contribution in [0.1, 0.15) is 16.1 Å². The third-order valence-corrected chi connectivity index (χ3v) is 2.89. The number of hydrogen-bond donors (Lipinski definition) is 0. The van der Waals surface area contributed by atoms with Gasteiger partial charge >= 0.3 is 0 Å². The van der Waals surface area contributed by atoms with Crippen molar-refractivity contribution in [3.05, 3.63) is 58.8 Å². The zero-order chi connectivity index (χ0) is 13.1. The summed E-state index contributed by atoms with van der Waals surface area (Å²) >= 11 is 5.90. The fraction of sp³-hybridized carbons (Fsp3) is 0.154. The van der Waals surface area contributed by atoms with Crippen molar-refractivity contribution in [1.82, 2.24) is 4.90 Å². The van der Waals surface area contributed by atoms with Crippen molar-refractivity contribution in [2.45, 2.75) is 6.54 Å². The Morgan fingerprint density at radius 2 is 2.17 bits per heavy atom. The summed E-state index contributed by atoms with van der Waals surface area (Å²) in [5.74, 6) is -0.536. The zero-order valence-corrected chi connectivity index (χ0v) is 10.4. The maximum absolute atomic E-state index is 13.6. The largest absolute Gasteiger partial charge is 0.459 e. The molecule has 3 nitrogen and oxygen atoms in total. The molecule has 0 aliphatic carbocycles. The van der Waals surface area contributed by atoms with Crippen molar-refractivity contribution in [2.75, 3.05) is 7.05 Å². The first kappa shape index (κ1) is 12.6. The molecule has 0 spiro atoms. The van der Waals surface area contributed by atoms with Crippen molar-refractivity contribution in [2.24, 2.45) is 0 Å². The third kappa shape index (κ3) is 2.54. The van der Waals surface area contributed by atoms with Gasteiger partial charge in [0.1, 0.15) is 5.82 Å². The molecular weight excluding hydrogens is 257 g/mol. The lowest BCUT2D eigenvalue weighted by Gasteiger charge is -2.17. The van der Waals surface area contributed by atoms with E-state index in [0.29, 0.717) is 10.6 Å². The maximum atomic E-state index is 13.6. The number of carbonyl (C=O) groups excluding carboxylic acids is 1. The molecule has 0 radical (unpaired) electrons.